The molecule has 1 amide bonds. The molecule has 0 spiro atoms. The van der Waals surface area contributed by atoms with E-state index in [-0.39, 0.29) is 36.2 Å². The monoisotopic (exact) mass is 599 g/mol. The molecule has 0 radical (unpaired) electrons. The summed E-state index contributed by atoms with van der Waals surface area (Å²) in [5.41, 5.74) is 7.98. The van der Waals surface area contributed by atoms with Crippen LogP contribution in [0.15, 0.2) is 71.6 Å². The van der Waals surface area contributed by atoms with Crippen molar-refractivity contribution in [2.75, 3.05) is 5.32 Å². The zero-order valence-corrected chi connectivity index (χ0v) is 23.6. The smallest absolute Gasteiger partial charge is 0.293 e. The molecule has 1 saturated carbocycles. The number of ether oxygens (including phenoxy) is 1. The van der Waals surface area contributed by atoms with Gasteiger partial charge in [-0.25, -0.2) is 13.1 Å². The number of nitro benzene ring substituents is 1. The average Bonchev–Trinajstić information content (AvgIpc) is 3.46. The summed E-state index contributed by atoms with van der Waals surface area (Å²) in [6.07, 6.45) is 3.89. The number of anilines is 1. The quantitative estimate of drug-likeness (QED) is 0.215. The Labute approximate surface area is 244 Å². The number of hydrogen-bond donors (Lipinski definition) is 3. The summed E-state index contributed by atoms with van der Waals surface area (Å²) in [6.45, 7) is 0.306. The van der Waals surface area contributed by atoms with Gasteiger partial charge in [-0.1, -0.05) is 37.1 Å². The third-order valence-electron chi connectivity index (χ3n) is 6.63. The van der Waals surface area contributed by atoms with Gasteiger partial charge in [-0.15, -0.1) is 12.4 Å². The summed E-state index contributed by atoms with van der Waals surface area (Å²) >= 11 is 0. The van der Waals surface area contributed by atoms with Crippen molar-refractivity contribution in [2.24, 2.45) is 5.73 Å². The number of hydrogen-bond acceptors (Lipinski definition) is 9. The van der Waals surface area contributed by atoms with Gasteiger partial charge in [0.1, 0.15) is 18.0 Å². The molecule has 1 aliphatic carbocycles. The zero-order valence-electron chi connectivity index (χ0n) is 22.0. The molecule has 0 unspecified atom stereocenters. The largest absolute Gasteiger partial charge is 0.489 e. The maximum Gasteiger partial charge on any atom is 0.293 e. The van der Waals surface area contributed by atoms with E-state index < -0.39 is 31.8 Å². The number of rotatable bonds is 11. The molecule has 3 aromatic carbocycles. The van der Waals surface area contributed by atoms with E-state index in [4.69, 9.17) is 15.7 Å². The lowest BCUT2D eigenvalue weighted by Crippen LogP contribution is -2.44. The normalized spacial score (nSPS) is 13.9. The number of carbonyl (C=O) groups excluding carboxylic acids is 1. The Balaban J connectivity index is 0.00000462. The van der Waals surface area contributed by atoms with E-state index >= 15 is 0 Å². The zero-order chi connectivity index (χ0) is 28.7. The van der Waals surface area contributed by atoms with E-state index in [2.05, 4.69) is 11.4 Å². The third kappa shape index (κ3) is 8.40. The number of carbonyl (C=O) groups is 1. The molecule has 41 heavy (non-hydrogen) atoms. The van der Waals surface area contributed by atoms with Crippen molar-refractivity contribution in [1.29, 1.82) is 5.26 Å². The highest BCUT2D eigenvalue weighted by Crippen LogP contribution is 2.31. The number of nitriles is 1. The molecule has 216 valence electrons. The minimum Gasteiger partial charge on any atom is -0.489 e. The standard InChI is InChI=1S/C28H29N5O6S.ClH/c29-17-20-5-7-21(8-6-20)18-39-23-11-9-19(10-12-23)15-25(30)28(34)32-40(37,38)24-13-14-26(27(16-24)33(35)36)31-22-3-1-2-4-22;/h5-14,16,22,25,31H,1-4,15,18,30H2,(H,32,34);1H/t25-;/m0./s1. The second-order valence-electron chi connectivity index (χ2n) is 9.58. The van der Waals surface area contributed by atoms with Gasteiger partial charge in [-0.3, -0.25) is 14.9 Å². The first-order valence-corrected chi connectivity index (χ1v) is 14.2. The highest BCUT2D eigenvalue weighted by atomic mass is 35.5. The van der Waals surface area contributed by atoms with Gasteiger partial charge in [0.25, 0.3) is 21.6 Å². The van der Waals surface area contributed by atoms with Crippen molar-refractivity contribution in [1.82, 2.24) is 4.72 Å². The van der Waals surface area contributed by atoms with Crippen LogP contribution in [0.1, 0.15) is 42.4 Å². The Morgan fingerprint density at radius 2 is 1.71 bits per heavy atom. The second kappa shape index (κ2) is 13.9. The van der Waals surface area contributed by atoms with Gasteiger partial charge in [0.15, 0.2) is 0 Å². The van der Waals surface area contributed by atoms with Crippen LogP contribution >= 0.6 is 12.4 Å². The maximum atomic E-state index is 12.8. The number of nitrogens with one attached hydrogen (secondary N) is 2. The first kappa shape index (κ1) is 31.3. The fourth-order valence-electron chi connectivity index (χ4n) is 4.42. The number of nitrogens with zero attached hydrogens (tertiary/aromatic N) is 2. The van der Waals surface area contributed by atoms with Gasteiger partial charge in [-0.2, -0.15) is 5.26 Å². The molecular weight excluding hydrogens is 570 g/mol. The van der Waals surface area contributed by atoms with Crippen molar-refractivity contribution >= 4 is 39.7 Å². The third-order valence-corrected chi connectivity index (χ3v) is 7.97. The Hall–Kier alpha value is -4.18. The molecule has 4 rings (SSSR count). The van der Waals surface area contributed by atoms with E-state index in [1.54, 1.807) is 48.5 Å². The first-order chi connectivity index (χ1) is 19.1. The van der Waals surface area contributed by atoms with E-state index in [1.165, 1.54) is 12.1 Å². The van der Waals surface area contributed by atoms with Crippen molar-refractivity contribution < 1.29 is 22.9 Å². The van der Waals surface area contributed by atoms with Gasteiger partial charge < -0.3 is 15.8 Å². The summed E-state index contributed by atoms with van der Waals surface area (Å²) in [4.78, 5) is 23.2. The Kier molecular flexibility index (Phi) is 10.7. The minimum absolute atomic E-state index is 0. The molecule has 0 saturated heterocycles. The average molecular weight is 600 g/mol. The highest BCUT2D eigenvalue weighted by Gasteiger charge is 2.27. The Morgan fingerprint density at radius 3 is 2.32 bits per heavy atom. The van der Waals surface area contributed by atoms with Gasteiger partial charge in [0.05, 0.1) is 27.5 Å². The fourth-order valence-corrected chi connectivity index (χ4v) is 5.47. The number of halogens is 1. The molecular formula is C28H30ClN5O6S. The molecule has 4 N–H and O–H groups in total. The van der Waals surface area contributed by atoms with Crippen LogP contribution in [0, 0.1) is 21.4 Å². The van der Waals surface area contributed by atoms with Crippen LogP contribution in [-0.2, 0) is 27.8 Å². The number of sulfonamides is 1. The van der Waals surface area contributed by atoms with E-state index in [1.807, 2.05) is 4.72 Å². The van der Waals surface area contributed by atoms with Crippen LogP contribution in [0.5, 0.6) is 5.75 Å². The first-order valence-electron chi connectivity index (χ1n) is 12.7. The van der Waals surface area contributed by atoms with Crippen molar-refractivity contribution in [3.8, 4) is 11.8 Å². The minimum atomic E-state index is -4.39. The van der Waals surface area contributed by atoms with Gasteiger partial charge >= 0.3 is 0 Å². The Bertz CT molecular complexity index is 1520. The van der Waals surface area contributed by atoms with Crippen LogP contribution in [0.25, 0.3) is 0 Å². The van der Waals surface area contributed by atoms with Crippen molar-refractivity contribution in [3.63, 3.8) is 0 Å². The summed E-state index contributed by atoms with van der Waals surface area (Å²) in [5.74, 6) is -0.349. The van der Waals surface area contributed by atoms with Crippen LogP contribution < -0.4 is 20.5 Å². The van der Waals surface area contributed by atoms with Gasteiger partial charge in [0, 0.05) is 12.1 Å². The number of nitrogens with two attached hydrogens (primary N) is 1. The number of amides is 1. The molecule has 1 aliphatic rings. The van der Waals surface area contributed by atoms with Crippen LogP contribution in [0.2, 0.25) is 0 Å². The lowest BCUT2D eigenvalue weighted by molar-refractivity contribution is -0.384. The molecule has 1 atom stereocenters. The van der Waals surface area contributed by atoms with Gasteiger partial charge in [0.2, 0.25) is 0 Å². The van der Waals surface area contributed by atoms with Crippen molar-refractivity contribution in [3.05, 3.63) is 93.5 Å². The van der Waals surface area contributed by atoms with Crippen molar-refractivity contribution in [2.45, 2.75) is 55.7 Å². The van der Waals surface area contributed by atoms with Crippen LogP contribution in [0.3, 0.4) is 0 Å². The number of nitro groups is 1. The van der Waals surface area contributed by atoms with Crippen LogP contribution in [0.4, 0.5) is 11.4 Å². The topological polar surface area (TPSA) is 177 Å². The SMILES string of the molecule is Cl.N#Cc1ccc(COc2ccc(C[C@H](N)C(=O)NS(=O)(=O)c3ccc(NC4CCCC4)c([N+](=O)[O-])c3)cc2)cc1. The molecule has 0 aliphatic heterocycles. The van der Waals surface area contributed by atoms with Gasteiger partial charge in [-0.05, 0) is 66.8 Å². The van der Waals surface area contributed by atoms with E-state index in [0.717, 1.165) is 37.3 Å². The predicted octanol–water partition coefficient (Wildman–Crippen LogP) is 4.20. The predicted molar refractivity (Wildman–Crippen MR) is 155 cm³/mol. The maximum absolute atomic E-state index is 12.8. The molecule has 3 aromatic rings. The lowest BCUT2D eigenvalue weighted by Gasteiger charge is -2.15. The lowest BCUT2D eigenvalue weighted by atomic mass is 10.1. The molecule has 0 bridgehead atoms. The van der Waals surface area contributed by atoms with Crippen LogP contribution in [-0.4, -0.2) is 31.3 Å². The Morgan fingerprint density at radius 1 is 1.07 bits per heavy atom. The molecule has 0 heterocycles. The second-order valence-corrected chi connectivity index (χ2v) is 11.3. The van der Waals surface area contributed by atoms with E-state index in [9.17, 15) is 23.3 Å². The summed E-state index contributed by atoms with van der Waals surface area (Å²) in [7, 11) is -4.39. The number of benzene rings is 3. The summed E-state index contributed by atoms with van der Waals surface area (Å²) in [5, 5.41) is 23.6. The molecule has 11 nitrogen and oxygen atoms in total. The summed E-state index contributed by atoms with van der Waals surface area (Å²) < 4.78 is 33.3. The highest BCUT2D eigenvalue weighted by molar-refractivity contribution is 7.90. The molecule has 1 fully saturated rings. The molecule has 13 heteroatoms. The molecule has 0 aromatic heterocycles. The fraction of sp³-hybridized carbons (Fsp3) is 0.286. The summed E-state index contributed by atoms with van der Waals surface area (Å²) in [6, 6.07) is 18.4. The van der Waals surface area contributed by atoms with E-state index in [0.29, 0.717) is 23.5 Å².